The van der Waals surface area contributed by atoms with Gasteiger partial charge in [-0.2, -0.15) is 0 Å². The van der Waals surface area contributed by atoms with Gasteiger partial charge in [-0.15, -0.1) is 0 Å². The predicted molar refractivity (Wildman–Crippen MR) is 103 cm³/mol. The first-order chi connectivity index (χ1) is 12.2. The molecule has 3 aromatic carbocycles. The zero-order valence-corrected chi connectivity index (χ0v) is 14.9. The normalized spacial score (nSPS) is 10.7. The van der Waals surface area contributed by atoms with Gasteiger partial charge in [-0.3, -0.25) is 4.79 Å². The Kier molecular flexibility index (Phi) is 5.52. The number of halogens is 1. The molecule has 3 heteroatoms. The quantitative estimate of drug-likeness (QED) is 0.625. The summed E-state index contributed by atoms with van der Waals surface area (Å²) in [6, 6.07) is 27.4. The van der Waals surface area contributed by atoms with Gasteiger partial charge in [-0.05, 0) is 22.8 Å². The Balaban J connectivity index is 1.90. The van der Waals surface area contributed by atoms with Gasteiger partial charge in [-0.1, -0.05) is 90.5 Å². The Morgan fingerprint density at radius 1 is 0.840 bits per heavy atom. The molecule has 0 unspecified atom stereocenters. The lowest BCUT2D eigenvalue weighted by Crippen LogP contribution is -2.32. The van der Waals surface area contributed by atoms with Crippen molar-refractivity contribution in [2.75, 3.05) is 7.05 Å². The molecule has 0 spiro atoms. The molecule has 0 aliphatic heterocycles. The molecule has 0 saturated heterocycles. The first-order valence-corrected chi connectivity index (χ1v) is 8.63. The van der Waals surface area contributed by atoms with Crippen molar-refractivity contribution in [1.82, 2.24) is 4.90 Å². The van der Waals surface area contributed by atoms with E-state index in [2.05, 4.69) is 0 Å². The van der Waals surface area contributed by atoms with Crippen molar-refractivity contribution in [3.8, 4) is 0 Å². The highest BCUT2D eigenvalue weighted by Gasteiger charge is 2.25. The second kappa shape index (κ2) is 8.00. The standard InChI is InChI=1S/C22H20ClNO/c1-24(16-19-14-8-9-15-20(19)23)22(25)21(17-10-4-2-5-11-17)18-12-6-3-7-13-18/h2-15,21H,16H2,1H3. The maximum Gasteiger partial charge on any atom is 0.234 e. The first kappa shape index (κ1) is 17.2. The van der Waals surface area contributed by atoms with E-state index < -0.39 is 0 Å². The van der Waals surface area contributed by atoms with Crippen LogP contribution in [0.15, 0.2) is 84.9 Å². The van der Waals surface area contributed by atoms with Crippen molar-refractivity contribution in [3.05, 3.63) is 107 Å². The van der Waals surface area contributed by atoms with Crippen LogP contribution in [0, 0.1) is 0 Å². The SMILES string of the molecule is CN(Cc1ccccc1Cl)C(=O)C(c1ccccc1)c1ccccc1. The molecule has 1 amide bonds. The molecule has 0 aliphatic carbocycles. The zero-order chi connectivity index (χ0) is 17.6. The molecule has 0 bridgehead atoms. The fourth-order valence-corrected chi connectivity index (χ4v) is 3.14. The van der Waals surface area contributed by atoms with E-state index in [9.17, 15) is 4.79 Å². The summed E-state index contributed by atoms with van der Waals surface area (Å²) in [6.07, 6.45) is 0. The number of rotatable bonds is 5. The Hall–Kier alpha value is -2.58. The van der Waals surface area contributed by atoms with E-state index in [0.717, 1.165) is 16.7 Å². The molecule has 25 heavy (non-hydrogen) atoms. The maximum atomic E-state index is 13.2. The van der Waals surface area contributed by atoms with Gasteiger partial charge in [0.1, 0.15) is 0 Å². The van der Waals surface area contributed by atoms with Crippen molar-refractivity contribution in [1.29, 1.82) is 0 Å². The highest BCUT2D eigenvalue weighted by Crippen LogP contribution is 2.27. The lowest BCUT2D eigenvalue weighted by Gasteiger charge is -2.25. The minimum Gasteiger partial charge on any atom is -0.341 e. The minimum absolute atomic E-state index is 0.0531. The van der Waals surface area contributed by atoms with Crippen molar-refractivity contribution >= 4 is 17.5 Å². The molecule has 0 saturated carbocycles. The summed E-state index contributed by atoms with van der Waals surface area (Å²) in [6.45, 7) is 0.481. The van der Waals surface area contributed by atoms with Gasteiger partial charge < -0.3 is 4.90 Å². The maximum absolute atomic E-state index is 13.2. The molecule has 0 atom stereocenters. The van der Waals surface area contributed by atoms with Crippen LogP contribution >= 0.6 is 11.6 Å². The average Bonchev–Trinajstić information content (AvgIpc) is 2.65. The van der Waals surface area contributed by atoms with Crippen molar-refractivity contribution in [3.63, 3.8) is 0 Å². The largest absolute Gasteiger partial charge is 0.341 e. The van der Waals surface area contributed by atoms with Gasteiger partial charge in [0, 0.05) is 18.6 Å². The van der Waals surface area contributed by atoms with E-state index in [-0.39, 0.29) is 11.8 Å². The Labute approximate surface area is 153 Å². The van der Waals surface area contributed by atoms with Crippen molar-refractivity contribution in [2.24, 2.45) is 0 Å². The molecular weight excluding hydrogens is 330 g/mol. The van der Waals surface area contributed by atoms with E-state index in [1.807, 2.05) is 92.0 Å². The number of hydrogen-bond acceptors (Lipinski definition) is 1. The molecule has 0 radical (unpaired) electrons. The average molecular weight is 350 g/mol. The van der Waals surface area contributed by atoms with E-state index in [1.54, 1.807) is 4.90 Å². The fourth-order valence-electron chi connectivity index (χ4n) is 2.95. The lowest BCUT2D eigenvalue weighted by atomic mass is 9.90. The number of amides is 1. The van der Waals surface area contributed by atoms with Crippen LogP contribution in [0.2, 0.25) is 5.02 Å². The van der Waals surface area contributed by atoms with Crippen LogP contribution in [0.4, 0.5) is 0 Å². The molecular formula is C22H20ClNO. The van der Waals surface area contributed by atoms with Crippen LogP contribution < -0.4 is 0 Å². The molecule has 2 nitrogen and oxygen atoms in total. The monoisotopic (exact) mass is 349 g/mol. The summed E-state index contributed by atoms with van der Waals surface area (Å²) >= 11 is 6.25. The summed E-state index contributed by atoms with van der Waals surface area (Å²) < 4.78 is 0. The summed E-state index contributed by atoms with van der Waals surface area (Å²) in [7, 11) is 1.82. The van der Waals surface area contributed by atoms with E-state index in [4.69, 9.17) is 11.6 Å². The summed E-state index contributed by atoms with van der Waals surface area (Å²) in [4.78, 5) is 15.0. The smallest absolute Gasteiger partial charge is 0.234 e. The minimum atomic E-state index is -0.324. The summed E-state index contributed by atoms with van der Waals surface area (Å²) in [5.74, 6) is -0.271. The third kappa shape index (κ3) is 4.09. The molecule has 3 rings (SSSR count). The van der Waals surface area contributed by atoms with Crippen LogP contribution in [0.1, 0.15) is 22.6 Å². The zero-order valence-electron chi connectivity index (χ0n) is 14.1. The van der Waals surface area contributed by atoms with Gasteiger partial charge in [0.2, 0.25) is 5.91 Å². The molecule has 0 heterocycles. The van der Waals surface area contributed by atoms with Crippen LogP contribution in [0.5, 0.6) is 0 Å². The molecule has 0 fully saturated rings. The molecule has 0 aromatic heterocycles. The van der Waals surface area contributed by atoms with Gasteiger partial charge in [0.15, 0.2) is 0 Å². The van der Waals surface area contributed by atoms with E-state index in [1.165, 1.54) is 0 Å². The number of hydrogen-bond donors (Lipinski definition) is 0. The van der Waals surface area contributed by atoms with Crippen LogP contribution in [-0.2, 0) is 11.3 Å². The molecule has 126 valence electrons. The van der Waals surface area contributed by atoms with Crippen molar-refractivity contribution in [2.45, 2.75) is 12.5 Å². The third-order valence-electron chi connectivity index (χ3n) is 4.25. The Morgan fingerprint density at radius 3 is 1.84 bits per heavy atom. The van der Waals surface area contributed by atoms with Gasteiger partial charge in [-0.25, -0.2) is 0 Å². The Bertz CT molecular complexity index is 793. The van der Waals surface area contributed by atoms with E-state index in [0.29, 0.717) is 11.6 Å². The van der Waals surface area contributed by atoms with Crippen LogP contribution in [0.25, 0.3) is 0 Å². The lowest BCUT2D eigenvalue weighted by molar-refractivity contribution is -0.131. The number of nitrogens with zero attached hydrogens (tertiary/aromatic N) is 1. The molecule has 0 N–H and O–H groups in total. The van der Waals surface area contributed by atoms with Gasteiger partial charge >= 0.3 is 0 Å². The number of carbonyl (C=O) groups excluding carboxylic acids is 1. The number of carbonyl (C=O) groups is 1. The van der Waals surface area contributed by atoms with Crippen LogP contribution in [0.3, 0.4) is 0 Å². The van der Waals surface area contributed by atoms with Crippen molar-refractivity contribution < 1.29 is 4.79 Å². The number of likely N-dealkylation sites (N-methyl/N-ethyl adjacent to an activating group) is 1. The third-order valence-corrected chi connectivity index (χ3v) is 4.62. The highest BCUT2D eigenvalue weighted by molar-refractivity contribution is 6.31. The predicted octanol–water partition coefficient (Wildman–Crippen LogP) is 5.13. The second-order valence-corrected chi connectivity index (χ2v) is 6.45. The first-order valence-electron chi connectivity index (χ1n) is 8.25. The van der Waals surface area contributed by atoms with E-state index >= 15 is 0 Å². The van der Waals surface area contributed by atoms with Gasteiger partial charge in [0.25, 0.3) is 0 Å². The fraction of sp³-hybridized carbons (Fsp3) is 0.136. The van der Waals surface area contributed by atoms with Crippen LogP contribution in [-0.4, -0.2) is 17.9 Å². The number of benzene rings is 3. The summed E-state index contributed by atoms with van der Waals surface area (Å²) in [5, 5.41) is 0.679. The Morgan fingerprint density at radius 2 is 1.32 bits per heavy atom. The highest BCUT2D eigenvalue weighted by atomic mass is 35.5. The molecule has 0 aliphatic rings. The summed E-state index contributed by atoms with van der Waals surface area (Å²) in [5.41, 5.74) is 2.93. The second-order valence-electron chi connectivity index (χ2n) is 6.04. The molecule has 3 aromatic rings. The topological polar surface area (TPSA) is 20.3 Å². The van der Waals surface area contributed by atoms with Gasteiger partial charge in [0.05, 0.1) is 5.92 Å².